The lowest BCUT2D eigenvalue weighted by molar-refractivity contribution is -0.228. The Bertz CT molecular complexity index is 1270. The Hall–Kier alpha value is -2.01. The second-order valence-electron chi connectivity index (χ2n) is 16.2. The van der Waals surface area contributed by atoms with E-state index in [9.17, 15) is 14.7 Å². The average molecular weight is 561 g/mol. The van der Waals surface area contributed by atoms with Gasteiger partial charge < -0.3 is 10.4 Å². The fourth-order valence-electron chi connectivity index (χ4n) is 11.7. The number of fused-ring (bicyclic) bond motifs is 7. The summed E-state index contributed by atoms with van der Waals surface area (Å²) in [5, 5.41) is 14.3. The highest BCUT2D eigenvalue weighted by Gasteiger charge is 2.70. The van der Waals surface area contributed by atoms with Crippen molar-refractivity contribution < 1.29 is 14.7 Å². The smallest absolute Gasteiger partial charge is 0.231 e. The molecule has 4 fully saturated rings. The molecule has 1 aromatic heterocycles. The molecule has 5 aliphatic rings. The number of allylic oxidation sites excluding steroid dienone is 1. The van der Waals surface area contributed by atoms with Crippen LogP contribution < -0.4 is 5.32 Å². The molecule has 8 atom stereocenters. The number of hydrogen-bond donors (Lipinski definition) is 2. The zero-order valence-corrected chi connectivity index (χ0v) is 26.5. The molecule has 224 valence electrons. The van der Waals surface area contributed by atoms with E-state index in [-0.39, 0.29) is 51.3 Å². The summed E-state index contributed by atoms with van der Waals surface area (Å²) in [5.41, 5.74) is 2.75. The van der Waals surface area contributed by atoms with Crippen LogP contribution in [0.5, 0.6) is 0 Å². The quantitative estimate of drug-likeness (QED) is 0.414. The van der Waals surface area contributed by atoms with Crippen LogP contribution in [-0.2, 0) is 16.1 Å². The molecule has 0 aromatic carbocycles. The van der Waals surface area contributed by atoms with E-state index < -0.39 is 5.41 Å². The molecule has 5 aliphatic carbocycles. The molecule has 0 spiro atoms. The summed E-state index contributed by atoms with van der Waals surface area (Å²) in [6.07, 6.45) is 11.9. The summed E-state index contributed by atoms with van der Waals surface area (Å²) in [5.74, 6) is 1.72. The molecule has 1 heterocycles. The van der Waals surface area contributed by atoms with E-state index in [2.05, 4.69) is 58.8 Å². The lowest BCUT2D eigenvalue weighted by atomic mass is 9.33. The normalized spacial score (nSPS) is 43.2. The van der Waals surface area contributed by atoms with E-state index in [1.54, 1.807) is 12.4 Å². The molecule has 0 unspecified atom stereocenters. The number of carbonyl (C=O) groups excluding carboxylic acids is 2. The minimum absolute atomic E-state index is 0.0355. The van der Waals surface area contributed by atoms with E-state index in [0.29, 0.717) is 24.8 Å². The van der Waals surface area contributed by atoms with Crippen molar-refractivity contribution in [2.45, 2.75) is 119 Å². The van der Waals surface area contributed by atoms with Gasteiger partial charge in [-0.1, -0.05) is 54.5 Å². The molecule has 5 heteroatoms. The van der Waals surface area contributed by atoms with Crippen molar-refractivity contribution >= 4 is 11.7 Å². The molecule has 4 saturated carbocycles. The lowest BCUT2D eigenvalue weighted by Crippen LogP contribution is -2.66. The Labute approximate surface area is 247 Å². The number of aliphatic hydroxyl groups excluding tert-OH is 1. The van der Waals surface area contributed by atoms with E-state index in [1.165, 1.54) is 12.0 Å². The number of nitrogens with one attached hydrogen (secondary N) is 1. The molecular formula is C36H52N2O3. The number of aromatic nitrogens is 1. The molecule has 0 aliphatic heterocycles. The maximum absolute atomic E-state index is 14.2. The van der Waals surface area contributed by atoms with Crippen LogP contribution >= 0.6 is 0 Å². The zero-order chi connectivity index (χ0) is 29.6. The van der Waals surface area contributed by atoms with Gasteiger partial charge in [0.25, 0.3) is 0 Å². The predicted molar refractivity (Wildman–Crippen MR) is 162 cm³/mol. The van der Waals surface area contributed by atoms with Gasteiger partial charge in [0.2, 0.25) is 5.91 Å². The maximum Gasteiger partial charge on any atom is 0.231 e. The van der Waals surface area contributed by atoms with E-state index in [0.717, 1.165) is 56.1 Å². The van der Waals surface area contributed by atoms with Crippen LogP contribution in [0.15, 0.2) is 35.7 Å². The maximum atomic E-state index is 14.2. The number of rotatable bonds is 4. The van der Waals surface area contributed by atoms with Crippen LogP contribution in [0.1, 0.15) is 112 Å². The fraction of sp³-hybridized carbons (Fsp3) is 0.750. The summed E-state index contributed by atoms with van der Waals surface area (Å²) in [4.78, 5) is 32.2. The number of Topliss-reactive ketones (excluding diaryl/α,β-unsaturated/α-hetero) is 1. The van der Waals surface area contributed by atoms with Gasteiger partial charge in [-0.2, -0.15) is 0 Å². The molecule has 2 N–H and O–H groups in total. The van der Waals surface area contributed by atoms with Crippen molar-refractivity contribution in [1.29, 1.82) is 0 Å². The summed E-state index contributed by atoms with van der Waals surface area (Å²) in [6, 6.07) is 3.89. The van der Waals surface area contributed by atoms with Gasteiger partial charge in [0.1, 0.15) is 0 Å². The van der Waals surface area contributed by atoms with Gasteiger partial charge in [0.05, 0.1) is 11.5 Å². The van der Waals surface area contributed by atoms with Gasteiger partial charge in [-0.15, -0.1) is 0 Å². The molecule has 1 aromatic rings. The van der Waals surface area contributed by atoms with Crippen LogP contribution in [-0.4, -0.2) is 27.9 Å². The van der Waals surface area contributed by atoms with Crippen molar-refractivity contribution in [2.75, 3.05) is 0 Å². The van der Waals surface area contributed by atoms with Crippen molar-refractivity contribution in [2.24, 2.45) is 50.7 Å². The first-order valence-electron chi connectivity index (χ1n) is 16.4. The minimum atomic E-state index is -0.718. The van der Waals surface area contributed by atoms with Crippen molar-refractivity contribution in [3.05, 3.63) is 41.2 Å². The van der Waals surface area contributed by atoms with Gasteiger partial charge >= 0.3 is 0 Å². The molecule has 6 rings (SSSR count). The third kappa shape index (κ3) is 3.85. The second-order valence-corrected chi connectivity index (χ2v) is 16.2. The molecule has 0 saturated heterocycles. The van der Waals surface area contributed by atoms with Crippen LogP contribution in [0.4, 0.5) is 0 Å². The first-order chi connectivity index (χ1) is 19.2. The summed E-state index contributed by atoms with van der Waals surface area (Å²) in [7, 11) is 0. The topological polar surface area (TPSA) is 79.3 Å². The Morgan fingerprint density at radius 2 is 1.76 bits per heavy atom. The molecule has 5 nitrogen and oxygen atoms in total. The molecule has 1 amide bonds. The van der Waals surface area contributed by atoms with Gasteiger partial charge in [-0.05, 0) is 119 Å². The van der Waals surface area contributed by atoms with E-state index in [1.807, 2.05) is 12.1 Å². The SMILES string of the molecule is CC(C)C1=C2[C@H]3CC[C@@H]4[C@@]5(C)CC[C@H](O)C(C)(C)[C@@H]5CC[C@@]4(C)[C@]3(C)CC[C@@]2(C(=O)NCc2cccnc2)CC1=O. The summed E-state index contributed by atoms with van der Waals surface area (Å²) < 4.78 is 0. The summed E-state index contributed by atoms with van der Waals surface area (Å²) in [6.45, 7) is 17.0. The lowest BCUT2D eigenvalue weighted by Gasteiger charge is -2.72. The third-order valence-corrected chi connectivity index (χ3v) is 14.0. The van der Waals surface area contributed by atoms with Crippen molar-refractivity contribution in [3.8, 4) is 0 Å². The Morgan fingerprint density at radius 1 is 1.00 bits per heavy atom. The van der Waals surface area contributed by atoms with Gasteiger partial charge in [-0.25, -0.2) is 0 Å². The van der Waals surface area contributed by atoms with E-state index >= 15 is 0 Å². The first kappa shape index (κ1) is 29.1. The summed E-state index contributed by atoms with van der Waals surface area (Å²) >= 11 is 0. The molecule has 41 heavy (non-hydrogen) atoms. The number of aliphatic hydroxyl groups is 1. The average Bonchev–Trinajstić information content (AvgIpc) is 3.24. The number of pyridine rings is 1. The Kier molecular flexibility index (Phi) is 6.73. The monoisotopic (exact) mass is 560 g/mol. The van der Waals surface area contributed by atoms with Crippen molar-refractivity contribution in [1.82, 2.24) is 10.3 Å². The number of amides is 1. The Balaban J connectivity index is 1.38. The highest BCUT2D eigenvalue weighted by atomic mass is 16.3. The fourth-order valence-corrected chi connectivity index (χ4v) is 11.7. The highest BCUT2D eigenvalue weighted by Crippen LogP contribution is 2.76. The first-order valence-corrected chi connectivity index (χ1v) is 16.4. The van der Waals surface area contributed by atoms with Crippen LogP contribution in [0.3, 0.4) is 0 Å². The Morgan fingerprint density at radius 3 is 2.44 bits per heavy atom. The number of nitrogens with zero attached hydrogens (tertiary/aromatic N) is 1. The standard InChI is InChI=1S/C36H52N2O3/c1-22(2)29-25(39)19-36(31(41)38-21-23-9-8-18-37-20-23)17-16-34(6)24(30(29)36)10-11-27-33(5)14-13-28(40)32(3,4)26(33)12-15-35(27,34)7/h8-9,18,20,22,24,26-28,40H,10-17,19,21H2,1-7H3,(H,38,41)/t24-,26+,27-,28+,33+,34-,35-,36-/m1/s1. The van der Waals surface area contributed by atoms with Crippen molar-refractivity contribution in [3.63, 3.8) is 0 Å². The van der Waals surface area contributed by atoms with Crippen LogP contribution in [0.25, 0.3) is 0 Å². The molecule has 0 bridgehead atoms. The molecular weight excluding hydrogens is 508 g/mol. The van der Waals surface area contributed by atoms with E-state index in [4.69, 9.17) is 0 Å². The van der Waals surface area contributed by atoms with Gasteiger partial charge in [0, 0.05) is 25.4 Å². The highest BCUT2D eigenvalue weighted by molar-refractivity contribution is 6.06. The number of carbonyl (C=O) groups is 2. The number of ketones is 1. The second kappa shape index (κ2) is 9.49. The largest absolute Gasteiger partial charge is 0.393 e. The minimum Gasteiger partial charge on any atom is -0.393 e. The van der Waals surface area contributed by atoms with Gasteiger partial charge in [-0.3, -0.25) is 14.6 Å². The zero-order valence-electron chi connectivity index (χ0n) is 26.5. The number of hydrogen-bond acceptors (Lipinski definition) is 4. The predicted octanol–water partition coefficient (Wildman–Crippen LogP) is 7.04. The van der Waals surface area contributed by atoms with Gasteiger partial charge in [0.15, 0.2) is 5.78 Å². The van der Waals surface area contributed by atoms with Crippen LogP contribution in [0, 0.1) is 50.7 Å². The van der Waals surface area contributed by atoms with Crippen LogP contribution in [0.2, 0.25) is 0 Å². The molecule has 0 radical (unpaired) electrons. The third-order valence-electron chi connectivity index (χ3n) is 14.0.